The number of nitrogens with one attached hydrogen (secondary N) is 1. The number of amides is 1. The molecule has 1 aliphatic rings. The van der Waals surface area contributed by atoms with Gasteiger partial charge in [-0.05, 0) is 60.5 Å². The van der Waals surface area contributed by atoms with Gasteiger partial charge in [-0.25, -0.2) is 13.4 Å². The molecule has 0 saturated carbocycles. The molecule has 10 heteroatoms. The molecule has 5 rings (SSSR count). The highest BCUT2D eigenvalue weighted by Gasteiger charge is 2.23. The molecule has 1 aliphatic heterocycles. The van der Waals surface area contributed by atoms with Crippen LogP contribution in [0.5, 0.6) is 0 Å². The number of rotatable bonds is 6. The van der Waals surface area contributed by atoms with Crippen LogP contribution < -0.4 is 10.2 Å². The second-order valence-corrected chi connectivity index (χ2v) is 11.0. The third kappa shape index (κ3) is 5.60. The topological polar surface area (TPSA) is 114 Å². The van der Waals surface area contributed by atoms with Crippen LogP contribution in [0.15, 0.2) is 72.0 Å². The molecule has 0 aliphatic carbocycles. The van der Waals surface area contributed by atoms with E-state index >= 15 is 0 Å². The van der Waals surface area contributed by atoms with Gasteiger partial charge in [0.2, 0.25) is 0 Å². The van der Waals surface area contributed by atoms with Gasteiger partial charge in [-0.1, -0.05) is 6.07 Å². The molecule has 9 nitrogen and oxygen atoms in total. The highest BCUT2D eigenvalue weighted by atomic mass is 32.2. The number of hydrogen-bond acceptors (Lipinski definition) is 8. The molecule has 1 atom stereocenters. The standard InChI is InChI=1S/C27H27N5O4S/c1-18-3-4-20(13-25(18)37(2,34)35)27(33)30-16-22-14-23-21(15-29-22)5-6-26(31-23)32-11-12-36-24(17-32)19-7-9-28-10-8-19/h3-10,13-15,24H,11-12,16-17H2,1-2H3,(H,30,33)/t24-/m0/s1. The molecular weight excluding hydrogens is 490 g/mol. The van der Waals surface area contributed by atoms with Gasteiger partial charge in [-0.3, -0.25) is 14.8 Å². The number of morpholine rings is 1. The fourth-order valence-electron chi connectivity index (χ4n) is 4.37. The molecule has 1 fully saturated rings. The van der Waals surface area contributed by atoms with Gasteiger partial charge < -0.3 is 15.0 Å². The van der Waals surface area contributed by atoms with Crippen molar-refractivity contribution in [3.63, 3.8) is 0 Å². The van der Waals surface area contributed by atoms with Crippen molar-refractivity contribution in [3.8, 4) is 0 Å². The first kappa shape index (κ1) is 24.8. The Labute approximate surface area is 215 Å². The number of anilines is 1. The molecule has 0 unspecified atom stereocenters. The van der Waals surface area contributed by atoms with Crippen molar-refractivity contribution in [3.05, 3.63) is 89.5 Å². The summed E-state index contributed by atoms with van der Waals surface area (Å²) < 4.78 is 30.0. The number of carbonyl (C=O) groups is 1. The number of nitrogens with zero attached hydrogens (tertiary/aromatic N) is 4. The lowest BCUT2D eigenvalue weighted by Crippen LogP contribution is -2.38. The van der Waals surface area contributed by atoms with E-state index < -0.39 is 9.84 Å². The summed E-state index contributed by atoms with van der Waals surface area (Å²) in [5, 5.41) is 3.72. The van der Waals surface area contributed by atoms with E-state index in [1.165, 1.54) is 6.07 Å². The maximum atomic E-state index is 12.7. The number of sulfone groups is 1. The van der Waals surface area contributed by atoms with Crippen molar-refractivity contribution in [2.45, 2.75) is 24.5 Å². The first-order chi connectivity index (χ1) is 17.8. The Morgan fingerprint density at radius 2 is 1.95 bits per heavy atom. The van der Waals surface area contributed by atoms with Gasteiger partial charge in [0.1, 0.15) is 11.9 Å². The Bertz CT molecular complexity index is 1560. The van der Waals surface area contributed by atoms with Crippen LogP contribution in [-0.2, 0) is 21.1 Å². The van der Waals surface area contributed by atoms with Crippen LogP contribution in [0.3, 0.4) is 0 Å². The van der Waals surface area contributed by atoms with Crippen LogP contribution in [0, 0.1) is 6.92 Å². The SMILES string of the molecule is Cc1ccc(C(=O)NCc2cc3nc(N4CCO[C@H](c5ccncc5)C4)ccc3cn2)cc1S(C)(=O)=O. The molecule has 1 N–H and O–H groups in total. The molecule has 1 aromatic carbocycles. The van der Waals surface area contributed by atoms with Crippen molar-refractivity contribution in [1.29, 1.82) is 0 Å². The Hall–Kier alpha value is -3.89. The molecule has 1 amide bonds. The number of aromatic nitrogens is 3. The fraction of sp³-hybridized carbons (Fsp3) is 0.259. The Morgan fingerprint density at radius 1 is 1.14 bits per heavy atom. The van der Waals surface area contributed by atoms with Gasteiger partial charge in [-0.2, -0.15) is 0 Å². The van der Waals surface area contributed by atoms with E-state index in [-0.39, 0.29) is 29.0 Å². The van der Waals surface area contributed by atoms with Gasteiger partial charge in [0.15, 0.2) is 9.84 Å². The van der Waals surface area contributed by atoms with Crippen LogP contribution in [0.4, 0.5) is 5.82 Å². The third-order valence-corrected chi connectivity index (χ3v) is 7.60. The summed E-state index contributed by atoms with van der Waals surface area (Å²) in [5.74, 6) is 0.480. The van der Waals surface area contributed by atoms with Crippen molar-refractivity contribution in [2.24, 2.45) is 0 Å². The maximum Gasteiger partial charge on any atom is 0.251 e. The molecule has 4 heterocycles. The summed E-state index contributed by atoms with van der Waals surface area (Å²) >= 11 is 0. The minimum Gasteiger partial charge on any atom is -0.370 e. The van der Waals surface area contributed by atoms with Crippen LogP contribution in [0.2, 0.25) is 0 Å². The van der Waals surface area contributed by atoms with E-state index in [0.29, 0.717) is 24.4 Å². The Balaban J connectivity index is 1.30. The number of aryl methyl sites for hydroxylation is 1. The van der Waals surface area contributed by atoms with E-state index in [1.807, 2.05) is 30.3 Å². The second kappa shape index (κ2) is 10.2. The van der Waals surface area contributed by atoms with Crippen molar-refractivity contribution in [2.75, 3.05) is 30.9 Å². The smallest absolute Gasteiger partial charge is 0.251 e. The predicted octanol–water partition coefficient (Wildman–Crippen LogP) is 3.24. The quantitative estimate of drug-likeness (QED) is 0.415. The number of hydrogen-bond donors (Lipinski definition) is 1. The monoisotopic (exact) mass is 517 g/mol. The minimum absolute atomic E-state index is 0.0533. The second-order valence-electron chi connectivity index (χ2n) is 9.06. The van der Waals surface area contributed by atoms with Crippen LogP contribution in [0.25, 0.3) is 10.9 Å². The van der Waals surface area contributed by atoms with Gasteiger partial charge >= 0.3 is 0 Å². The van der Waals surface area contributed by atoms with E-state index in [1.54, 1.807) is 37.6 Å². The Kier molecular flexibility index (Phi) is 6.86. The van der Waals surface area contributed by atoms with E-state index in [9.17, 15) is 13.2 Å². The summed E-state index contributed by atoms with van der Waals surface area (Å²) in [6.45, 7) is 3.90. The molecule has 3 aromatic heterocycles. The number of benzene rings is 1. The normalized spacial score (nSPS) is 16.1. The number of fused-ring (bicyclic) bond motifs is 1. The lowest BCUT2D eigenvalue weighted by atomic mass is 10.1. The van der Waals surface area contributed by atoms with Gasteiger partial charge in [0.25, 0.3) is 5.91 Å². The van der Waals surface area contributed by atoms with E-state index in [2.05, 4.69) is 20.2 Å². The molecule has 190 valence electrons. The number of ether oxygens (including phenoxy) is 1. The molecule has 0 spiro atoms. The van der Waals surface area contributed by atoms with Crippen LogP contribution in [-0.4, -0.2) is 55.2 Å². The first-order valence-corrected chi connectivity index (χ1v) is 13.8. The maximum absolute atomic E-state index is 12.7. The summed E-state index contributed by atoms with van der Waals surface area (Å²) in [6, 6.07) is 14.4. The van der Waals surface area contributed by atoms with Gasteiger partial charge in [-0.15, -0.1) is 0 Å². The molecule has 0 bridgehead atoms. The zero-order valence-electron chi connectivity index (χ0n) is 20.6. The number of pyridine rings is 3. The summed E-state index contributed by atoms with van der Waals surface area (Å²) in [5.41, 5.74) is 3.39. The van der Waals surface area contributed by atoms with Crippen molar-refractivity contribution >= 4 is 32.5 Å². The average molecular weight is 518 g/mol. The lowest BCUT2D eigenvalue weighted by molar-refractivity contribution is 0.0395. The van der Waals surface area contributed by atoms with E-state index in [4.69, 9.17) is 9.72 Å². The van der Waals surface area contributed by atoms with Crippen molar-refractivity contribution in [1.82, 2.24) is 20.3 Å². The molecule has 4 aromatic rings. The first-order valence-electron chi connectivity index (χ1n) is 11.9. The highest BCUT2D eigenvalue weighted by molar-refractivity contribution is 7.90. The lowest BCUT2D eigenvalue weighted by Gasteiger charge is -2.34. The predicted molar refractivity (Wildman–Crippen MR) is 140 cm³/mol. The Morgan fingerprint density at radius 3 is 2.73 bits per heavy atom. The average Bonchev–Trinajstić information content (AvgIpc) is 2.91. The van der Waals surface area contributed by atoms with Crippen LogP contribution in [0.1, 0.15) is 33.3 Å². The fourth-order valence-corrected chi connectivity index (χ4v) is 5.36. The van der Waals surface area contributed by atoms with Crippen molar-refractivity contribution < 1.29 is 17.9 Å². The summed E-state index contributed by atoms with van der Waals surface area (Å²) in [6.07, 6.45) is 6.35. The zero-order chi connectivity index (χ0) is 26.0. The largest absolute Gasteiger partial charge is 0.370 e. The highest BCUT2D eigenvalue weighted by Crippen LogP contribution is 2.26. The van der Waals surface area contributed by atoms with E-state index in [0.717, 1.165) is 35.1 Å². The van der Waals surface area contributed by atoms with Gasteiger partial charge in [0.05, 0.1) is 29.3 Å². The molecule has 1 saturated heterocycles. The van der Waals surface area contributed by atoms with Crippen LogP contribution >= 0.6 is 0 Å². The minimum atomic E-state index is -3.43. The molecular formula is C27H27N5O4S. The molecule has 0 radical (unpaired) electrons. The molecule has 37 heavy (non-hydrogen) atoms. The summed E-state index contributed by atoms with van der Waals surface area (Å²) in [7, 11) is -3.43. The summed E-state index contributed by atoms with van der Waals surface area (Å²) in [4.78, 5) is 28.4. The van der Waals surface area contributed by atoms with Gasteiger partial charge in [0, 0.05) is 48.9 Å². The number of carbonyl (C=O) groups excluding carboxylic acids is 1. The zero-order valence-corrected chi connectivity index (χ0v) is 21.4. The third-order valence-electron chi connectivity index (χ3n) is 6.36.